The summed E-state index contributed by atoms with van der Waals surface area (Å²) < 4.78 is 0. The largest absolute Gasteiger partial charge is 0.348 e. The maximum absolute atomic E-state index is 11.7. The molecule has 0 radical (unpaired) electrons. The number of benzene rings is 1. The number of pyridine rings is 1. The SMILES string of the molecule is CC(=O)N[C@@H](c1ccccn1)C1CCN(Cc2ccc(Cl)c(Cl)c2)CC1. The zero-order chi connectivity index (χ0) is 18.5. The van der Waals surface area contributed by atoms with E-state index < -0.39 is 0 Å². The number of rotatable bonds is 5. The van der Waals surface area contributed by atoms with E-state index in [0.717, 1.165) is 38.2 Å². The van der Waals surface area contributed by atoms with Gasteiger partial charge in [-0.3, -0.25) is 14.7 Å². The Morgan fingerprint density at radius 2 is 2.00 bits per heavy atom. The van der Waals surface area contributed by atoms with E-state index in [9.17, 15) is 4.79 Å². The molecular formula is C20H23Cl2N3O. The first-order valence-electron chi connectivity index (χ1n) is 8.87. The molecule has 2 aromatic rings. The van der Waals surface area contributed by atoms with Crippen molar-refractivity contribution in [3.05, 3.63) is 63.9 Å². The molecular weight excluding hydrogens is 369 g/mol. The fraction of sp³-hybridized carbons (Fsp3) is 0.400. The van der Waals surface area contributed by atoms with Gasteiger partial charge >= 0.3 is 0 Å². The van der Waals surface area contributed by atoms with Gasteiger partial charge in [-0.15, -0.1) is 0 Å². The van der Waals surface area contributed by atoms with Crippen LogP contribution in [0.4, 0.5) is 0 Å². The summed E-state index contributed by atoms with van der Waals surface area (Å²) in [7, 11) is 0. The molecule has 3 rings (SSSR count). The summed E-state index contributed by atoms with van der Waals surface area (Å²) in [5.41, 5.74) is 2.10. The van der Waals surface area contributed by atoms with Crippen LogP contribution in [-0.2, 0) is 11.3 Å². The Kier molecular flexibility index (Phi) is 6.52. The van der Waals surface area contributed by atoms with Crippen LogP contribution in [0.15, 0.2) is 42.6 Å². The quantitative estimate of drug-likeness (QED) is 0.816. The summed E-state index contributed by atoms with van der Waals surface area (Å²) in [6, 6.07) is 11.6. The molecule has 1 atom stereocenters. The van der Waals surface area contributed by atoms with Crippen molar-refractivity contribution in [2.45, 2.75) is 32.4 Å². The number of amides is 1. The van der Waals surface area contributed by atoms with Crippen molar-refractivity contribution in [3.63, 3.8) is 0 Å². The molecule has 1 amide bonds. The highest BCUT2D eigenvalue weighted by Gasteiger charge is 2.29. The minimum absolute atomic E-state index is 0.0149. The number of nitrogens with one attached hydrogen (secondary N) is 1. The van der Waals surface area contributed by atoms with Gasteiger partial charge in [0.1, 0.15) is 0 Å². The number of nitrogens with zero attached hydrogens (tertiary/aromatic N) is 2. The molecule has 0 unspecified atom stereocenters. The van der Waals surface area contributed by atoms with Gasteiger partial charge in [0.25, 0.3) is 0 Å². The molecule has 1 fully saturated rings. The summed E-state index contributed by atoms with van der Waals surface area (Å²) in [6.07, 6.45) is 3.81. The van der Waals surface area contributed by atoms with Gasteiger partial charge < -0.3 is 5.32 Å². The Bertz CT molecular complexity index is 746. The first-order valence-corrected chi connectivity index (χ1v) is 9.63. The van der Waals surface area contributed by atoms with Crippen LogP contribution >= 0.6 is 23.2 Å². The fourth-order valence-corrected chi connectivity index (χ4v) is 3.87. The second-order valence-electron chi connectivity index (χ2n) is 6.79. The van der Waals surface area contributed by atoms with Crippen molar-refractivity contribution in [2.24, 2.45) is 5.92 Å². The summed E-state index contributed by atoms with van der Waals surface area (Å²) in [4.78, 5) is 18.5. The van der Waals surface area contributed by atoms with E-state index in [2.05, 4.69) is 15.2 Å². The lowest BCUT2D eigenvalue weighted by atomic mass is 9.87. The van der Waals surface area contributed by atoms with Crippen molar-refractivity contribution in [1.29, 1.82) is 0 Å². The Labute approximate surface area is 164 Å². The number of hydrogen-bond acceptors (Lipinski definition) is 3. The van der Waals surface area contributed by atoms with Crippen molar-refractivity contribution in [2.75, 3.05) is 13.1 Å². The second kappa shape index (κ2) is 8.85. The average Bonchev–Trinajstić information content (AvgIpc) is 2.64. The number of hydrogen-bond donors (Lipinski definition) is 1. The van der Waals surface area contributed by atoms with Gasteiger partial charge in [-0.25, -0.2) is 0 Å². The van der Waals surface area contributed by atoms with Crippen LogP contribution in [0.3, 0.4) is 0 Å². The van der Waals surface area contributed by atoms with Crippen LogP contribution in [0.1, 0.15) is 37.1 Å². The Morgan fingerprint density at radius 1 is 1.23 bits per heavy atom. The number of piperidine rings is 1. The second-order valence-corrected chi connectivity index (χ2v) is 7.61. The highest BCUT2D eigenvalue weighted by Crippen LogP contribution is 2.31. The molecule has 26 heavy (non-hydrogen) atoms. The van der Waals surface area contributed by atoms with Crippen LogP contribution in [0.5, 0.6) is 0 Å². The Morgan fingerprint density at radius 3 is 2.62 bits per heavy atom. The van der Waals surface area contributed by atoms with E-state index >= 15 is 0 Å². The van der Waals surface area contributed by atoms with Gasteiger partial charge in [-0.05, 0) is 61.7 Å². The van der Waals surface area contributed by atoms with Crippen LogP contribution in [-0.4, -0.2) is 28.9 Å². The maximum atomic E-state index is 11.7. The molecule has 4 nitrogen and oxygen atoms in total. The molecule has 6 heteroatoms. The molecule has 2 heterocycles. The lowest BCUT2D eigenvalue weighted by molar-refractivity contribution is -0.120. The van der Waals surface area contributed by atoms with Gasteiger partial charge in [0.15, 0.2) is 0 Å². The third-order valence-corrected chi connectivity index (χ3v) is 5.60. The molecule has 138 valence electrons. The van der Waals surface area contributed by atoms with Crippen molar-refractivity contribution in [1.82, 2.24) is 15.2 Å². The molecule has 1 aromatic heterocycles. The predicted octanol–water partition coefficient (Wildman–Crippen LogP) is 4.48. The van der Waals surface area contributed by atoms with E-state index in [4.69, 9.17) is 23.2 Å². The highest BCUT2D eigenvalue weighted by atomic mass is 35.5. The number of likely N-dealkylation sites (tertiary alicyclic amines) is 1. The van der Waals surface area contributed by atoms with Gasteiger partial charge in [-0.2, -0.15) is 0 Å². The van der Waals surface area contributed by atoms with Crippen LogP contribution in [0, 0.1) is 5.92 Å². The molecule has 1 aromatic carbocycles. The van der Waals surface area contributed by atoms with E-state index in [1.807, 2.05) is 36.4 Å². The smallest absolute Gasteiger partial charge is 0.217 e. The zero-order valence-electron chi connectivity index (χ0n) is 14.8. The lowest BCUT2D eigenvalue weighted by Gasteiger charge is -2.36. The molecule has 1 aliphatic rings. The third-order valence-electron chi connectivity index (χ3n) is 4.86. The summed E-state index contributed by atoms with van der Waals surface area (Å²) in [5, 5.41) is 4.27. The minimum atomic E-state index is -0.0270. The molecule has 0 spiro atoms. The van der Waals surface area contributed by atoms with E-state index in [0.29, 0.717) is 16.0 Å². The molecule has 0 saturated carbocycles. The summed E-state index contributed by atoms with van der Waals surface area (Å²) in [6.45, 7) is 4.38. The number of halogens is 2. The van der Waals surface area contributed by atoms with Crippen LogP contribution in [0.2, 0.25) is 10.0 Å². The fourth-order valence-electron chi connectivity index (χ4n) is 3.55. The number of carbonyl (C=O) groups is 1. The summed E-state index contributed by atoms with van der Waals surface area (Å²) >= 11 is 12.1. The average molecular weight is 392 g/mol. The number of carbonyl (C=O) groups excluding carboxylic acids is 1. The highest BCUT2D eigenvalue weighted by molar-refractivity contribution is 6.42. The molecule has 1 N–H and O–H groups in total. The van der Waals surface area contributed by atoms with Gasteiger partial charge in [0.05, 0.1) is 21.8 Å². The van der Waals surface area contributed by atoms with Gasteiger partial charge in [0.2, 0.25) is 5.91 Å². The van der Waals surface area contributed by atoms with E-state index in [1.54, 1.807) is 13.1 Å². The lowest BCUT2D eigenvalue weighted by Crippen LogP contribution is -2.40. The van der Waals surface area contributed by atoms with Crippen molar-refractivity contribution < 1.29 is 4.79 Å². The standard InChI is InChI=1S/C20H23Cl2N3O/c1-14(26)24-20(19-4-2-3-9-23-19)16-7-10-25(11-8-16)13-15-5-6-17(21)18(22)12-15/h2-6,9,12,16,20H,7-8,10-11,13H2,1H3,(H,24,26)/t20-/m1/s1. The van der Waals surface area contributed by atoms with Crippen molar-refractivity contribution >= 4 is 29.1 Å². The molecule has 0 aliphatic carbocycles. The molecule has 1 saturated heterocycles. The van der Waals surface area contributed by atoms with Crippen LogP contribution < -0.4 is 5.32 Å². The first kappa shape index (κ1) is 19.2. The zero-order valence-corrected chi connectivity index (χ0v) is 16.3. The van der Waals surface area contributed by atoms with Crippen LogP contribution in [0.25, 0.3) is 0 Å². The first-order chi connectivity index (χ1) is 12.5. The molecule has 1 aliphatic heterocycles. The Hall–Kier alpha value is -1.62. The van der Waals surface area contributed by atoms with Gasteiger partial charge in [-0.1, -0.05) is 35.3 Å². The minimum Gasteiger partial charge on any atom is -0.348 e. The monoisotopic (exact) mass is 391 g/mol. The number of aromatic nitrogens is 1. The maximum Gasteiger partial charge on any atom is 0.217 e. The topological polar surface area (TPSA) is 45.2 Å². The van der Waals surface area contributed by atoms with E-state index in [1.165, 1.54) is 5.56 Å². The van der Waals surface area contributed by atoms with Crippen molar-refractivity contribution in [3.8, 4) is 0 Å². The Balaban J connectivity index is 1.62. The molecule has 0 bridgehead atoms. The van der Waals surface area contributed by atoms with Gasteiger partial charge in [0, 0.05) is 19.7 Å². The summed E-state index contributed by atoms with van der Waals surface area (Å²) in [5.74, 6) is 0.373. The normalized spacial score (nSPS) is 17.0. The third kappa shape index (κ3) is 4.97. The predicted molar refractivity (Wildman–Crippen MR) is 105 cm³/mol. The van der Waals surface area contributed by atoms with E-state index in [-0.39, 0.29) is 11.9 Å².